The fourth-order valence-corrected chi connectivity index (χ4v) is 1.94. The SMILES string of the molecule is CCOC(=O)c1cccc(Oc2cc(C(=O)O)ccc2OC(F)F)c1. The number of rotatable bonds is 7. The Hall–Kier alpha value is -3.16. The van der Waals surface area contributed by atoms with Gasteiger partial charge in [-0.2, -0.15) is 8.78 Å². The predicted octanol–water partition coefficient (Wildman–Crippen LogP) is 3.96. The van der Waals surface area contributed by atoms with Crippen LogP contribution in [0.4, 0.5) is 8.78 Å². The van der Waals surface area contributed by atoms with E-state index in [9.17, 15) is 18.4 Å². The van der Waals surface area contributed by atoms with Gasteiger partial charge in [-0.15, -0.1) is 0 Å². The van der Waals surface area contributed by atoms with E-state index in [0.29, 0.717) is 0 Å². The minimum absolute atomic E-state index is 0.132. The summed E-state index contributed by atoms with van der Waals surface area (Å²) in [6, 6.07) is 9.06. The molecular weight excluding hydrogens is 338 g/mol. The van der Waals surface area contributed by atoms with E-state index < -0.39 is 18.6 Å². The Morgan fingerprint density at radius 1 is 1.08 bits per heavy atom. The summed E-state index contributed by atoms with van der Waals surface area (Å²) in [6.45, 7) is -1.26. The largest absolute Gasteiger partial charge is 0.478 e. The third-order valence-corrected chi connectivity index (χ3v) is 2.98. The molecule has 0 heterocycles. The first kappa shape index (κ1) is 18.2. The third-order valence-electron chi connectivity index (χ3n) is 2.98. The normalized spacial score (nSPS) is 10.4. The van der Waals surface area contributed by atoms with Crippen molar-refractivity contribution < 1.29 is 37.7 Å². The van der Waals surface area contributed by atoms with E-state index in [2.05, 4.69) is 4.74 Å². The zero-order chi connectivity index (χ0) is 18.4. The number of carbonyl (C=O) groups excluding carboxylic acids is 1. The molecule has 0 radical (unpaired) electrons. The number of carboxylic acid groups (broad SMARTS) is 1. The molecule has 132 valence electrons. The molecule has 0 aromatic heterocycles. The second-order valence-electron chi connectivity index (χ2n) is 4.70. The number of carboxylic acids is 1. The average molecular weight is 352 g/mol. The van der Waals surface area contributed by atoms with Gasteiger partial charge in [0, 0.05) is 0 Å². The van der Waals surface area contributed by atoms with Crippen LogP contribution in [0.2, 0.25) is 0 Å². The van der Waals surface area contributed by atoms with Crippen molar-refractivity contribution in [3.05, 3.63) is 53.6 Å². The molecule has 0 spiro atoms. The zero-order valence-electron chi connectivity index (χ0n) is 13.1. The number of ether oxygens (including phenoxy) is 3. The minimum atomic E-state index is -3.11. The highest BCUT2D eigenvalue weighted by atomic mass is 19.3. The number of hydrogen-bond donors (Lipinski definition) is 1. The maximum atomic E-state index is 12.5. The van der Waals surface area contributed by atoms with Crippen molar-refractivity contribution >= 4 is 11.9 Å². The quantitative estimate of drug-likeness (QED) is 0.760. The molecule has 0 unspecified atom stereocenters. The number of esters is 1. The van der Waals surface area contributed by atoms with Gasteiger partial charge in [0.25, 0.3) is 0 Å². The molecule has 0 amide bonds. The lowest BCUT2D eigenvalue weighted by atomic mass is 10.2. The second kappa shape index (κ2) is 8.09. The zero-order valence-corrected chi connectivity index (χ0v) is 13.1. The number of carbonyl (C=O) groups is 2. The van der Waals surface area contributed by atoms with Gasteiger partial charge in [-0.3, -0.25) is 0 Å². The first-order valence-electron chi connectivity index (χ1n) is 7.18. The third kappa shape index (κ3) is 4.90. The lowest BCUT2D eigenvalue weighted by Crippen LogP contribution is -2.06. The number of benzene rings is 2. The fraction of sp³-hybridized carbons (Fsp3) is 0.176. The van der Waals surface area contributed by atoms with E-state index in [0.717, 1.165) is 18.2 Å². The van der Waals surface area contributed by atoms with Crippen LogP contribution in [0.5, 0.6) is 17.2 Å². The number of aromatic carboxylic acids is 1. The molecule has 0 saturated heterocycles. The molecule has 6 nitrogen and oxygen atoms in total. The Bertz CT molecular complexity index is 775. The molecular formula is C17H14F2O6. The van der Waals surface area contributed by atoms with Crippen molar-refractivity contribution in [2.24, 2.45) is 0 Å². The van der Waals surface area contributed by atoms with E-state index in [-0.39, 0.29) is 35.0 Å². The van der Waals surface area contributed by atoms with E-state index in [4.69, 9.17) is 14.6 Å². The maximum Gasteiger partial charge on any atom is 0.387 e. The van der Waals surface area contributed by atoms with Crippen LogP contribution in [0, 0.1) is 0 Å². The summed E-state index contributed by atoms with van der Waals surface area (Å²) in [7, 11) is 0. The first-order chi connectivity index (χ1) is 11.9. The standard InChI is InChI=1S/C17H14F2O6/c1-2-23-16(22)11-4-3-5-12(8-11)24-14-9-10(15(20)21)6-7-13(14)25-17(18)19/h3-9,17H,2H2,1H3,(H,20,21). The molecule has 2 aromatic carbocycles. The van der Waals surface area contributed by atoms with Gasteiger partial charge in [-0.05, 0) is 43.3 Å². The molecule has 2 rings (SSSR count). The van der Waals surface area contributed by atoms with Crippen LogP contribution in [0.25, 0.3) is 0 Å². The summed E-state index contributed by atoms with van der Waals surface area (Å²) in [6.07, 6.45) is 0. The van der Waals surface area contributed by atoms with Crippen molar-refractivity contribution in [2.75, 3.05) is 6.61 Å². The van der Waals surface area contributed by atoms with Crippen molar-refractivity contribution in [2.45, 2.75) is 13.5 Å². The topological polar surface area (TPSA) is 82.1 Å². The summed E-state index contributed by atoms with van der Waals surface area (Å²) < 4.78 is 39.6. The average Bonchev–Trinajstić information content (AvgIpc) is 2.56. The Labute approximate surface area is 141 Å². The van der Waals surface area contributed by atoms with Crippen molar-refractivity contribution in [1.29, 1.82) is 0 Å². The van der Waals surface area contributed by atoms with Crippen molar-refractivity contribution in [3.8, 4) is 17.2 Å². The summed E-state index contributed by atoms with van der Waals surface area (Å²) in [5.74, 6) is -2.25. The molecule has 0 aliphatic rings. The molecule has 8 heteroatoms. The molecule has 0 atom stereocenters. The molecule has 1 N–H and O–H groups in total. The number of hydrogen-bond acceptors (Lipinski definition) is 5. The van der Waals surface area contributed by atoms with Gasteiger partial charge in [0.15, 0.2) is 11.5 Å². The van der Waals surface area contributed by atoms with Crippen LogP contribution < -0.4 is 9.47 Å². The highest BCUT2D eigenvalue weighted by Gasteiger charge is 2.16. The molecule has 0 saturated carbocycles. The summed E-state index contributed by atoms with van der Waals surface area (Å²) in [5.41, 5.74) is 0.0308. The van der Waals surface area contributed by atoms with Gasteiger partial charge in [-0.25, -0.2) is 9.59 Å². The van der Waals surface area contributed by atoms with Gasteiger partial charge in [0.1, 0.15) is 5.75 Å². The van der Waals surface area contributed by atoms with E-state index >= 15 is 0 Å². The summed E-state index contributed by atoms with van der Waals surface area (Å²) in [5, 5.41) is 9.02. The van der Waals surface area contributed by atoms with Gasteiger partial charge in [-0.1, -0.05) is 6.07 Å². The smallest absolute Gasteiger partial charge is 0.387 e. The molecule has 0 aliphatic carbocycles. The van der Waals surface area contributed by atoms with Crippen molar-refractivity contribution in [1.82, 2.24) is 0 Å². The molecule has 2 aromatic rings. The Kier molecular flexibility index (Phi) is 5.89. The maximum absolute atomic E-state index is 12.5. The van der Waals surface area contributed by atoms with Crippen LogP contribution in [0.15, 0.2) is 42.5 Å². The minimum Gasteiger partial charge on any atom is -0.478 e. The van der Waals surface area contributed by atoms with Crippen LogP contribution in [0.1, 0.15) is 27.6 Å². The van der Waals surface area contributed by atoms with Crippen molar-refractivity contribution in [3.63, 3.8) is 0 Å². The monoisotopic (exact) mass is 352 g/mol. The van der Waals surface area contributed by atoms with Crippen LogP contribution in [-0.2, 0) is 4.74 Å². The van der Waals surface area contributed by atoms with Crippen LogP contribution >= 0.6 is 0 Å². The highest BCUT2D eigenvalue weighted by molar-refractivity contribution is 5.90. The molecule has 0 bridgehead atoms. The van der Waals surface area contributed by atoms with E-state index in [1.165, 1.54) is 24.3 Å². The Morgan fingerprint density at radius 2 is 1.84 bits per heavy atom. The summed E-state index contributed by atoms with van der Waals surface area (Å²) >= 11 is 0. The Morgan fingerprint density at radius 3 is 2.48 bits per heavy atom. The second-order valence-corrected chi connectivity index (χ2v) is 4.70. The first-order valence-corrected chi connectivity index (χ1v) is 7.18. The van der Waals surface area contributed by atoms with Crippen LogP contribution in [0.3, 0.4) is 0 Å². The van der Waals surface area contributed by atoms with E-state index in [1.54, 1.807) is 6.92 Å². The molecule has 25 heavy (non-hydrogen) atoms. The lowest BCUT2D eigenvalue weighted by molar-refractivity contribution is -0.0510. The fourth-order valence-electron chi connectivity index (χ4n) is 1.94. The predicted molar refractivity (Wildman–Crippen MR) is 82.5 cm³/mol. The Balaban J connectivity index is 2.34. The molecule has 0 aliphatic heterocycles. The van der Waals surface area contributed by atoms with Crippen LogP contribution in [-0.4, -0.2) is 30.3 Å². The van der Waals surface area contributed by atoms with Gasteiger partial charge in [0.2, 0.25) is 0 Å². The number of halogens is 2. The number of alkyl halides is 2. The van der Waals surface area contributed by atoms with E-state index in [1.807, 2.05) is 0 Å². The summed E-state index contributed by atoms with van der Waals surface area (Å²) in [4.78, 5) is 22.8. The highest BCUT2D eigenvalue weighted by Crippen LogP contribution is 2.34. The van der Waals surface area contributed by atoms with Gasteiger partial charge in [0.05, 0.1) is 17.7 Å². The van der Waals surface area contributed by atoms with Gasteiger partial charge < -0.3 is 19.3 Å². The van der Waals surface area contributed by atoms with Gasteiger partial charge >= 0.3 is 18.6 Å². The lowest BCUT2D eigenvalue weighted by Gasteiger charge is -2.13. The molecule has 0 fully saturated rings.